The highest BCUT2D eigenvalue weighted by atomic mass is 16.2. The summed E-state index contributed by atoms with van der Waals surface area (Å²) in [6, 6.07) is 10.3. The Bertz CT molecular complexity index is 455. The Labute approximate surface area is 134 Å². The van der Waals surface area contributed by atoms with Crippen LogP contribution in [0, 0.1) is 5.92 Å². The molecule has 1 amide bonds. The summed E-state index contributed by atoms with van der Waals surface area (Å²) in [4.78, 5) is 14.6. The smallest absolute Gasteiger partial charge is 0.239 e. The summed E-state index contributed by atoms with van der Waals surface area (Å²) in [5, 5.41) is 3.47. The molecule has 0 spiro atoms. The van der Waals surface area contributed by atoms with Crippen LogP contribution in [0.4, 0.5) is 0 Å². The van der Waals surface area contributed by atoms with E-state index in [9.17, 15) is 4.79 Å². The molecule has 0 aromatic heterocycles. The van der Waals surface area contributed by atoms with E-state index in [4.69, 9.17) is 5.73 Å². The predicted molar refractivity (Wildman–Crippen MR) is 90.6 cm³/mol. The maximum Gasteiger partial charge on any atom is 0.239 e. The van der Waals surface area contributed by atoms with Crippen LogP contribution in [0.5, 0.6) is 0 Å². The molecule has 1 aromatic rings. The number of hydrogen-bond acceptors (Lipinski definition) is 3. The number of carbonyl (C=O) groups excluding carboxylic acids is 1. The van der Waals surface area contributed by atoms with Crippen molar-refractivity contribution in [1.29, 1.82) is 0 Å². The van der Waals surface area contributed by atoms with Crippen LogP contribution in [0.1, 0.15) is 32.3 Å². The van der Waals surface area contributed by atoms with E-state index in [2.05, 4.69) is 17.4 Å². The number of hydrogen-bond donors (Lipinski definition) is 2. The summed E-state index contributed by atoms with van der Waals surface area (Å²) in [6.45, 7) is 6.58. The zero-order valence-corrected chi connectivity index (χ0v) is 13.8. The van der Waals surface area contributed by atoms with E-state index < -0.39 is 6.04 Å². The molecule has 0 unspecified atom stereocenters. The molecule has 122 valence electrons. The average molecular weight is 303 g/mol. The first-order chi connectivity index (χ1) is 10.6. The summed E-state index contributed by atoms with van der Waals surface area (Å²) >= 11 is 0. The summed E-state index contributed by atoms with van der Waals surface area (Å²) in [7, 11) is 0. The second kappa shape index (κ2) is 8.30. The molecule has 2 atom stereocenters. The Kier molecular flexibility index (Phi) is 6.40. The first-order valence-electron chi connectivity index (χ1n) is 8.39. The van der Waals surface area contributed by atoms with E-state index in [0.717, 1.165) is 32.5 Å². The normalized spacial score (nSPS) is 19.4. The van der Waals surface area contributed by atoms with E-state index >= 15 is 0 Å². The molecule has 0 bridgehead atoms. The van der Waals surface area contributed by atoms with Gasteiger partial charge in [-0.25, -0.2) is 0 Å². The lowest BCUT2D eigenvalue weighted by Crippen LogP contribution is -2.50. The van der Waals surface area contributed by atoms with Crippen molar-refractivity contribution in [3.05, 3.63) is 35.9 Å². The van der Waals surface area contributed by atoms with Crippen LogP contribution in [0.2, 0.25) is 0 Å². The number of nitrogens with zero attached hydrogens (tertiary/aromatic N) is 1. The lowest BCUT2D eigenvalue weighted by atomic mass is 10.0. The highest BCUT2D eigenvalue weighted by molar-refractivity contribution is 5.82. The fourth-order valence-corrected chi connectivity index (χ4v) is 2.87. The molecule has 1 aromatic carbocycles. The zero-order valence-electron chi connectivity index (χ0n) is 13.8. The van der Waals surface area contributed by atoms with Gasteiger partial charge < -0.3 is 16.0 Å². The van der Waals surface area contributed by atoms with Crippen LogP contribution in [0.3, 0.4) is 0 Å². The second-order valence-electron chi connectivity index (χ2n) is 6.58. The summed E-state index contributed by atoms with van der Waals surface area (Å²) in [5.74, 6) is 0.253. The quantitative estimate of drug-likeness (QED) is 0.807. The predicted octanol–water partition coefficient (Wildman–Crippen LogP) is 1.79. The maximum atomic E-state index is 12.7. The largest absolute Gasteiger partial charge is 0.339 e. The van der Waals surface area contributed by atoms with Gasteiger partial charge in [-0.15, -0.1) is 0 Å². The van der Waals surface area contributed by atoms with Gasteiger partial charge in [0, 0.05) is 19.1 Å². The fraction of sp³-hybridized carbons (Fsp3) is 0.611. The van der Waals surface area contributed by atoms with Gasteiger partial charge in [0.1, 0.15) is 0 Å². The van der Waals surface area contributed by atoms with Gasteiger partial charge in [-0.3, -0.25) is 4.79 Å². The van der Waals surface area contributed by atoms with Crippen molar-refractivity contribution >= 4 is 5.91 Å². The topological polar surface area (TPSA) is 58.4 Å². The molecule has 1 heterocycles. The average Bonchev–Trinajstić information content (AvgIpc) is 3.04. The molecule has 0 saturated carbocycles. The Morgan fingerprint density at radius 2 is 2.09 bits per heavy atom. The molecule has 4 heteroatoms. The van der Waals surface area contributed by atoms with Crippen molar-refractivity contribution in [2.75, 3.05) is 19.6 Å². The third kappa shape index (κ3) is 4.82. The van der Waals surface area contributed by atoms with Gasteiger partial charge in [0.25, 0.3) is 0 Å². The number of benzene rings is 1. The molecular weight excluding hydrogens is 274 g/mol. The van der Waals surface area contributed by atoms with Crippen molar-refractivity contribution in [1.82, 2.24) is 10.2 Å². The maximum absolute atomic E-state index is 12.7. The standard InChI is InChI=1S/C18H29N3O/c1-14(2)17(19)18(22)21(13-16-9-6-11-20-16)12-10-15-7-4-3-5-8-15/h3-5,7-8,14,16-17,20H,6,9-13,19H2,1-2H3/t16-,17+/m0/s1. The van der Waals surface area contributed by atoms with Crippen LogP contribution in [0.15, 0.2) is 30.3 Å². The van der Waals surface area contributed by atoms with Gasteiger partial charge >= 0.3 is 0 Å². The molecule has 3 N–H and O–H groups in total. The highest BCUT2D eigenvalue weighted by Crippen LogP contribution is 2.11. The van der Waals surface area contributed by atoms with Crippen molar-refractivity contribution in [3.8, 4) is 0 Å². The molecule has 22 heavy (non-hydrogen) atoms. The number of nitrogens with two attached hydrogens (primary N) is 1. The van der Waals surface area contributed by atoms with Gasteiger partial charge in [-0.1, -0.05) is 44.2 Å². The van der Waals surface area contributed by atoms with Crippen molar-refractivity contribution < 1.29 is 4.79 Å². The molecule has 0 aliphatic carbocycles. The Hall–Kier alpha value is -1.39. The van der Waals surface area contributed by atoms with Gasteiger partial charge in [-0.05, 0) is 37.3 Å². The van der Waals surface area contributed by atoms with Crippen molar-refractivity contribution in [2.45, 2.75) is 45.2 Å². The fourth-order valence-electron chi connectivity index (χ4n) is 2.87. The lowest BCUT2D eigenvalue weighted by molar-refractivity contribution is -0.133. The number of rotatable bonds is 7. The first kappa shape index (κ1) is 17.0. The Balaban J connectivity index is 1.98. The minimum atomic E-state index is -0.405. The molecule has 0 radical (unpaired) electrons. The summed E-state index contributed by atoms with van der Waals surface area (Å²) in [6.07, 6.45) is 3.22. The van der Waals surface area contributed by atoms with E-state index in [-0.39, 0.29) is 11.8 Å². The van der Waals surface area contributed by atoms with Gasteiger partial charge in [0.15, 0.2) is 0 Å². The summed E-state index contributed by atoms with van der Waals surface area (Å²) < 4.78 is 0. The molecule has 4 nitrogen and oxygen atoms in total. The lowest BCUT2D eigenvalue weighted by Gasteiger charge is -2.29. The molecule has 1 fully saturated rings. The molecule has 1 saturated heterocycles. The van der Waals surface area contributed by atoms with Crippen LogP contribution < -0.4 is 11.1 Å². The van der Waals surface area contributed by atoms with Crippen molar-refractivity contribution in [3.63, 3.8) is 0 Å². The highest BCUT2D eigenvalue weighted by Gasteiger charge is 2.26. The minimum Gasteiger partial charge on any atom is -0.339 e. The van der Waals surface area contributed by atoms with Gasteiger partial charge in [-0.2, -0.15) is 0 Å². The van der Waals surface area contributed by atoms with E-state index in [0.29, 0.717) is 6.04 Å². The Morgan fingerprint density at radius 3 is 2.68 bits per heavy atom. The second-order valence-corrected chi connectivity index (χ2v) is 6.58. The van der Waals surface area contributed by atoms with Crippen LogP contribution >= 0.6 is 0 Å². The van der Waals surface area contributed by atoms with Crippen LogP contribution in [0.25, 0.3) is 0 Å². The first-order valence-corrected chi connectivity index (χ1v) is 8.39. The van der Waals surface area contributed by atoms with Crippen LogP contribution in [-0.2, 0) is 11.2 Å². The van der Waals surface area contributed by atoms with Crippen molar-refractivity contribution in [2.24, 2.45) is 11.7 Å². The SMILES string of the molecule is CC(C)[C@@H](N)C(=O)N(CCc1ccccc1)C[C@@H]1CCCN1. The Morgan fingerprint density at radius 1 is 1.36 bits per heavy atom. The summed E-state index contributed by atoms with van der Waals surface area (Å²) in [5.41, 5.74) is 7.35. The molecule has 1 aliphatic rings. The number of carbonyl (C=O) groups is 1. The third-order valence-electron chi connectivity index (χ3n) is 4.43. The van der Waals surface area contributed by atoms with E-state index in [1.807, 2.05) is 36.9 Å². The number of nitrogens with one attached hydrogen (secondary N) is 1. The minimum absolute atomic E-state index is 0.0830. The van der Waals surface area contributed by atoms with E-state index in [1.54, 1.807) is 0 Å². The van der Waals surface area contributed by atoms with Crippen LogP contribution in [-0.4, -0.2) is 42.5 Å². The van der Waals surface area contributed by atoms with E-state index in [1.165, 1.54) is 12.0 Å². The third-order valence-corrected chi connectivity index (χ3v) is 4.43. The van der Waals surface area contributed by atoms with Gasteiger partial charge in [0.2, 0.25) is 5.91 Å². The number of amides is 1. The zero-order chi connectivity index (χ0) is 15.9. The molecule has 1 aliphatic heterocycles. The van der Waals surface area contributed by atoms with Gasteiger partial charge in [0.05, 0.1) is 6.04 Å². The molecular formula is C18H29N3O. The molecule has 2 rings (SSSR count). The monoisotopic (exact) mass is 303 g/mol.